The summed E-state index contributed by atoms with van der Waals surface area (Å²) in [5.74, 6) is 3.34. The molecular formula is C21H26O5. The predicted octanol–water partition coefficient (Wildman–Crippen LogP) is 3.83. The minimum Gasteiger partial charge on any atom is -0.493 e. The van der Waals surface area contributed by atoms with Gasteiger partial charge in [-0.25, -0.2) is 0 Å². The summed E-state index contributed by atoms with van der Waals surface area (Å²) in [6.07, 6.45) is 0. The smallest absolute Gasteiger partial charge is 0.231 e. The van der Waals surface area contributed by atoms with Crippen molar-refractivity contribution in [3.63, 3.8) is 0 Å². The first kappa shape index (κ1) is 18.4. The van der Waals surface area contributed by atoms with Crippen molar-refractivity contribution in [1.29, 1.82) is 0 Å². The maximum absolute atomic E-state index is 9.70. The first-order valence-corrected chi connectivity index (χ1v) is 8.81. The lowest BCUT2D eigenvalue weighted by molar-refractivity contribution is 0.173. The molecule has 0 bridgehead atoms. The zero-order valence-corrected chi connectivity index (χ0v) is 15.7. The summed E-state index contributed by atoms with van der Waals surface area (Å²) in [6.45, 7) is 4.61. The molecule has 3 rings (SSSR count). The average molecular weight is 358 g/mol. The molecule has 0 amide bonds. The molecule has 1 aliphatic heterocycles. The van der Waals surface area contributed by atoms with Crippen molar-refractivity contribution in [3.8, 4) is 23.0 Å². The van der Waals surface area contributed by atoms with Crippen molar-refractivity contribution in [2.45, 2.75) is 19.8 Å². The monoisotopic (exact) mass is 358 g/mol. The highest BCUT2D eigenvalue weighted by Crippen LogP contribution is 2.42. The lowest BCUT2D eigenvalue weighted by Gasteiger charge is -2.29. The largest absolute Gasteiger partial charge is 0.493 e. The first-order chi connectivity index (χ1) is 12.6. The minimum absolute atomic E-state index is 0.0754. The van der Waals surface area contributed by atoms with Crippen LogP contribution in [-0.2, 0) is 0 Å². The number of fused-ring (bicyclic) bond motifs is 1. The Bertz CT molecular complexity index is 758. The normalized spacial score (nSPS) is 16.0. The Morgan fingerprint density at radius 3 is 2.27 bits per heavy atom. The van der Waals surface area contributed by atoms with Crippen LogP contribution in [-0.4, -0.2) is 32.7 Å². The van der Waals surface area contributed by atoms with Gasteiger partial charge in [-0.2, -0.15) is 0 Å². The molecule has 0 saturated heterocycles. The first-order valence-electron chi connectivity index (χ1n) is 8.81. The number of ether oxygens (including phenoxy) is 4. The Hall–Kier alpha value is -2.40. The molecule has 1 heterocycles. The van der Waals surface area contributed by atoms with Gasteiger partial charge < -0.3 is 24.1 Å². The van der Waals surface area contributed by atoms with Crippen molar-refractivity contribution in [2.24, 2.45) is 11.8 Å². The van der Waals surface area contributed by atoms with Crippen LogP contribution in [0.1, 0.15) is 30.9 Å². The molecule has 0 radical (unpaired) electrons. The second kappa shape index (κ2) is 7.87. The van der Waals surface area contributed by atoms with Crippen LogP contribution in [0.15, 0.2) is 36.4 Å². The topological polar surface area (TPSA) is 57.2 Å². The Morgan fingerprint density at radius 2 is 1.58 bits per heavy atom. The number of rotatable bonds is 7. The summed E-state index contributed by atoms with van der Waals surface area (Å²) >= 11 is 0. The third-order valence-corrected chi connectivity index (χ3v) is 5.23. The van der Waals surface area contributed by atoms with Gasteiger partial charge in [-0.05, 0) is 47.2 Å². The standard InChI is InChI=1S/C21H26O5/c1-13(11-22)14(2)21(15-5-7-17(23-3)19(9-15)24-4)16-6-8-18-20(10-16)26-12-25-18/h5-10,13-14,21-22H,11-12H2,1-4H3/t13-,14+,21-/m0/s1. The lowest BCUT2D eigenvalue weighted by atomic mass is 9.76. The average Bonchev–Trinajstić information content (AvgIpc) is 3.15. The molecule has 2 aromatic rings. The van der Waals surface area contributed by atoms with Crippen molar-refractivity contribution >= 4 is 0 Å². The zero-order chi connectivity index (χ0) is 18.7. The van der Waals surface area contributed by atoms with Gasteiger partial charge in [-0.3, -0.25) is 0 Å². The third-order valence-electron chi connectivity index (χ3n) is 5.23. The molecule has 140 valence electrons. The van der Waals surface area contributed by atoms with Crippen LogP contribution in [0, 0.1) is 11.8 Å². The Labute approximate surface area is 154 Å². The van der Waals surface area contributed by atoms with E-state index in [-0.39, 0.29) is 31.2 Å². The van der Waals surface area contributed by atoms with Gasteiger partial charge in [-0.1, -0.05) is 26.0 Å². The number of aliphatic hydroxyl groups is 1. The molecule has 0 saturated carbocycles. The fourth-order valence-electron chi connectivity index (χ4n) is 3.45. The molecular weight excluding hydrogens is 332 g/mol. The second-order valence-electron chi connectivity index (χ2n) is 6.72. The highest BCUT2D eigenvalue weighted by atomic mass is 16.7. The maximum atomic E-state index is 9.70. The van der Waals surface area contributed by atoms with E-state index in [1.165, 1.54) is 0 Å². The van der Waals surface area contributed by atoms with Crippen LogP contribution < -0.4 is 18.9 Å². The van der Waals surface area contributed by atoms with Gasteiger partial charge in [0.1, 0.15) is 0 Å². The zero-order valence-electron chi connectivity index (χ0n) is 15.7. The van der Waals surface area contributed by atoms with Crippen molar-refractivity contribution in [1.82, 2.24) is 0 Å². The van der Waals surface area contributed by atoms with E-state index in [9.17, 15) is 5.11 Å². The number of benzene rings is 2. The van der Waals surface area contributed by atoms with Gasteiger partial charge in [-0.15, -0.1) is 0 Å². The quantitative estimate of drug-likeness (QED) is 0.815. The molecule has 0 fully saturated rings. The summed E-state index contributed by atoms with van der Waals surface area (Å²) in [5.41, 5.74) is 2.23. The van der Waals surface area contributed by atoms with E-state index >= 15 is 0 Å². The Morgan fingerprint density at radius 1 is 0.923 bits per heavy atom. The van der Waals surface area contributed by atoms with Gasteiger partial charge in [0, 0.05) is 12.5 Å². The molecule has 26 heavy (non-hydrogen) atoms. The van der Waals surface area contributed by atoms with Crippen LogP contribution in [0.25, 0.3) is 0 Å². The van der Waals surface area contributed by atoms with Gasteiger partial charge in [0.2, 0.25) is 6.79 Å². The molecule has 1 aliphatic rings. The molecule has 0 spiro atoms. The number of aliphatic hydroxyl groups excluding tert-OH is 1. The van der Waals surface area contributed by atoms with Crippen LogP contribution in [0.4, 0.5) is 0 Å². The van der Waals surface area contributed by atoms with Gasteiger partial charge in [0.15, 0.2) is 23.0 Å². The number of hydrogen-bond donors (Lipinski definition) is 1. The minimum atomic E-state index is 0.0754. The maximum Gasteiger partial charge on any atom is 0.231 e. The second-order valence-corrected chi connectivity index (χ2v) is 6.72. The number of methoxy groups -OCH3 is 2. The van der Waals surface area contributed by atoms with E-state index in [1.807, 2.05) is 24.3 Å². The summed E-state index contributed by atoms with van der Waals surface area (Å²) < 4.78 is 21.8. The molecule has 5 nitrogen and oxygen atoms in total. The van der Waals surface area contributed by atoms with E-state index in [4.69, 9.17) is 18.9 Å². The SMILES string of the molecule is COc1ccc([C@@H](c2ccc3c(c2)OCO3)[C@H](C)[C@@H](C)CO)cc1OC. The van der Waals surface area contributed by atoms with Gasteiger partial charge in [0.25, 0.3) is 0 Å². The number of hydrogen-bond acceptors (Lipinski definition) is 5. The molecule has 5 heteroatoms. The molecule has 2 aromatic carbocycles. The molecule has 0 aromatic heterocycles. The van der Waals surface area contributed by atoms with Crippen LogP contribution >= 0.6 is 0 Å². The Kier molecular flexibility index (Phi) is 5.57. The molecule has 3 atom stereocenters. The van der Waals surface area contributed by atoms with Crippen LogP contribution in [0.5, 0.6) is 23.0 Å². The van der Waals surface area contributed by atoms with Crippen molar-refractivity contribution in [2.75, 3.05) is 27.6 Å². The third kappa shape index (κ3) is 3.44. The Balaban J connectivity index is 2.06. The highest BCUT2D eigenvalue weighted by molar-refractivity contribution is 5.50. The van der Waals surface area contributed by atoms with Crippen LogP contribution in [0.3, 0.4) is 0 Å². The van der Waals surface area contributed by atoms with Gasteiger partial charge >= 0.3 is 0 Å². The molecule has 0 unspecified atom stereocenters. The van der Waals surface area contributed by atoms with E-state index in [0.29, 0.717) is 11.5 Å². The van der Waals surface area contributed by atoms with Crippen LogP contribution in [0.2, 0.25) is 0 Å². The van der Waals surface area contributed by atoms with E-state index < -0.39 is 0 Å². The fraction of sp³-hybridized carbons (Fsp3) is 0.429. The van der Waals surface area contributed by atoms with E-state index in [2.05, 4.69) is 26.0 Å². The van der Waals surface area contributed by atoms with E-state index in [0.717, 1.165) is 22.6 Å². The fourth-order valence-corrected chi connectivity index (χ4v) is 3.45. The molecule has 0 aliphatic carbocycles. The van der Waals surface area contributed by atoms with E-state index in [1.54, 1.807) is 14.2 Å². The summed E-state index contributed by atoms with van der Waals surface area (Å²) in [4.78, 5) is 0. The predicted molar refractivity (Wildman–Crippen MR) is 99.4 cm³/mol. The molecule has 1 N–H and O–H groups in total. The van der Waals surface area contributed by atoms with Crippen molar-refractivity contribution in [3.05, 3.63) is 47.5 Å². The highest BCUT2D eigenvalue weighted by Gasteiger charge is 2.28. The summed E-state index contributed by atoms with van der Waals surface area (Å²) in [6, 6.07) is 12.0. The summed E-state index contributed by atoms with van der Waals surface area (Å²) in [7, 11) is 3.26. The summed E-state index contributed by atoms with van der Waals surface area (Å²) in [5, 5.41) is 9.70. The van der Waals surface area contributed by atoms with Crippen molar-refractivity contribution < 1.29 is 24.1 Å². The van der Waals surface area contributed by atoms with Gasteiger partial charge in [0.05, 0.1) is 14.2 Å². The lowest BCUT2D eigenvalue weighted by Crippen LogP contribution is -2.21.